The van der Waals surface area contributed by atoms with E-state index in [0.717, 1.165) is 120 Å². The summed E-state index contributed by atoms with van der Waals surface area (Å²) < 4.78 is 5.71. The number of hydrogen-bond donors (Lipinski definition) is 4. The first kappa shape index (κ1) is 80.5. The zero-order valence-corrected chi connectivity index (χ0v) is 67.6. The number of aromatic nitrogens is 6. The van der Waals surface area contributed by atoms with Gasteiger partial charge in [0.25, 0.3) is 16.7 Å². The second-order valence-electron chi connectivity index (χ2n) is 36.6. The standard InChI is InChI=1S/C31H42N4O4.C30H40N4O5.C29H38N4O4/c1-19-12-20-14-21(13-19)16-24(15-20)34-22-6-5-7-23(34)18-25(17-22)35-28-9-4-3-8-26(28)32-30(31(35)38)27(33-39-2)10-11-29(36)37;35-12-13-39-32-28(30(37)38)27-29(36)34(26-11-4-3-10-25(26)31-27)24-17-21-8-5-9-22(18-24)33(21)23-15-19-6-1-2-7-20(14-19)16-23;1-37-31-25(11-12-27(34)35)28-29(36)33(26-8-3-2-7-24(26)30-28)23-16-20-9-10-21(17-23)32(20)22-14-18-5-4-6-19(13-18)15-22/h3-4,8-9,19-25H,5-7,10-18H2,1-2H3,(H,36,37);3-4,10-11,19-24,35H,1-2,5-9,12-18H2,(H,37,38);2-3,7-8,18-23H,4-6,9-17H2,1H3,(H,34,35)/b33-27+;32-28-;31-25+/t19?,20-,21+,22-,23+,24?,25?;19-,20+,21-,22+,23?,24?;18-,19+,20-,21+,22?,23?. The number of nitrogens with zero attached hydrogens (tertiary/aromatic N) is 12. The van der Waals surface area contributed by atoms with Crippen LogP contribution in [-0.4, -0.2) is 181 Å². The van der Waals surface area contributed by atoms with E-state index in [9.17, 15) is 44.1 Å². The van der Waals surface area contributed by atoms with Gasteiger partial charge in [-0.1, -0.05) is 117 Å². The van der Waals surface area contributed by atoms with Gasteiger partial charge in [-0.15, -0.1) is 0 Å². The molecule has 25 heteroatoms. The van der Waals surface area contributed by atoms with E-state index in [1.807, 2.05) is 81.9 Å². The zero-order valence-electron chi connectivity index (χ0n) is 67.6. The Morgan fingerprint density at radius 2 is 0.713 bits per heavy atom. The lowest BCUT2D eigenvalue weighted by molar-refractivity contribution is -0.137. The van der Waals surface area contributed by atoms with Gasteiger partial charge in [-0.25, -0.2) is 19.7 Å². The molecule has 6 aliphatic heterocycles. The fourth-order valence-electron chi connectivity index (χ4n) is 25.3. The highest BCUT2D eigenvalue weighted by Crippen LogP contribution is 2.52. The van der Waals surface area contributed by atoms with E-state index < -0.39 is 29.2 Å². The van der Waals surface area contributed by atoms with Crippen molar-refractivity contribution in [2.24, 2.45) is 56.9 Å². The molecule has 3 aromatic heterocycles. The molecule has 0 spiro atoms. The Morgan fingerprint density at radius 1 is 0.383 bits per heavy atom. The van der Waals surface area contributed by atoms with Crippen molar-refractivity contribution in [3.05, 3.63) is 121 Å². The van der Waals surface area contributed by atoms with E-state index in [1.54, 1.807) is 4.57 Å². The first-order valence-electron chi connectivity index (χ1n) is 44.0. The summed E-state index contributed by atoms with van der Waals surface area (Å²) >= 11 is 0. The number of aliphatic hydroxyl groups excluding tert-OH is 1. The Hall–Kier alpha value is -8.26. The number of fused-ring (bicyclic) bond motifs is 15. The molecule has 18 rings (SSSR count). The van der Waals surface area contributed by atoms with Crippen LogP contribution in [-0.2, 0) is 28.9 Å². The molecule has 9 heterocycles. The van der Waals surface area contributed by atoms with Crippen molar-refractivity contribution in [1.29, 1.82) is 0 Å². The molecule has 6 saturated heterocycles. The molecule has 12 aliphatic rings. The SMILES string of the molecule is CO/N=C(\CCC(=O)O)c1nc2ccccc2n(C2C[C@H]3CCC[C@@H](C2)N3C2C[C@H]3CC(C)C[C@@H](C2)C3)c1=O.CO/N=C(\CCC(=O)O)c1nc2ccccc2n(C2C[C@H]3CC[C@@H](C2)N3C2C[C@H]3CCC[C@@H](C2)C3)c1=O.O=C(O)/C(=N\OCCO)c1nc2ccccc2n(C2C[C@H]3CCC[C@@H](C2)N3C2C[C@H]3CCCC[C@@H](C2)C3)c1=O. The number of aliphatic carboxylic acids is 3. The quantitative estimate of drug-likeness (QED) is 0.0295. The highest BCUT2D eigenvalue weighted by molar-refractivity contribution is 6.41. The number of rotatable bonds is 21. The lowest BCUT2D eigenvalue weighted by atomic mass is 9.65. The Bertz CT molecular complexity index is 4700. The van der Waals surface area contributed by atoms with Gasteiger partial charge in [-0.05, 0) is 226 Å². The number of carboxylic acids is 3. The summed E-state index contributed by atoms with van der Waals surface area (Å²) in [6, 6.07) is 28.2. The smallest absolute Gasteiger partial charge is 0.360 e. The van der Waals surface area contributed by atoms with Gasteiger partial charge in [0.2, 0.25) is 5.71 Å². The molecule has 7 unspecified atom stereocenters. The van der Waals surface area contributed by atoms with Crippen molar-refractivity contribution in [2.45, 2.75) is 311 Å². The predicted molar refractivity (Wildman–Crippen MR) is 441 cm³/mol. The molecule has 4 N–H and O–H groups in total. The molecule has 6 saturated carbocycles. The van der Waals surface area contributed by atoms with Crippen LogP contribution in [0.5, 0.6) is 0 Å². The fourth-order valence-corrected chi connectivity index (χ4v) is 25.3. The van der Waals surface area contributed by atoms with Gasteiger partial charge in [0.15, 0.2) is 17.1 Å². The van der Waals surface area contributed by atoms with Crippen LogP contribution in [0.1, 0.15) is 273 Å². The van der Waals surface area contributed by atoms with Gasteiger partial charge in [0.05, 0.1) is 52.5 Å². The van der Waals surface area contributed by atoms with Crippen LogP contribution in [0, 0.1) is 41.4 Å². The number of benzene rings is 3. The van der Waals surface area contributed by atoms with Gasteiger partial charge in [0.1, 0.15) is 32.2 Å². The molecular formula is C90H120N12O13. The summed E-state index contributed by atoms with van der Waals surface area (Å²) in [6.45, 7) is 1.97. The number of para-hydroxylation sites is 6. The van der Waals surface area contributed by atoms with Crippen LogP contribution in [0.3, 0.4) is 0 Å². The molecular weight excluding hydrogens is 1460 g/mol. The van der Waals surface area contributed by atoms with Crippen LogP contribution >= 0.6 is 0 Å². The van der Waals surface area contributed by atoms with Gasteiger partial charge in [0, 0.05) is 85.3 Å². The third-order valence-electron chi connectivity index (χ3n) is 29.2. The molecule has 6 aliphatic carbocycles. The van der Waals surface area contributed by atoms with E-state index >= 15 is 0 Å². The summed E-state index contributed by atoms with van der Waals surface area (Å²) in [5.41, 5.74) is 3.87. The van der Waals surface area contributed by atoms with Gasteiger partial charge < -0.3 is 48.6 Å². The minimum Gasteiger partial charge on any atom is -0.481 e. The Morgan fingerprint density at radius 3 is 1.08 bits per heavy atom. The van der Waals surface area contributed by atoms with Crippen molar-refractivity contribution in [1.82, 2.24) is 43.4 Å². The van der Waals surface area contributed by atoms with E-state index in [2.05, 4.69) is 52.0 Å². The third-order valence-corrected chi connectivity index (χ3v) is 29.2. The van der Waals surface area contributed by atoms with Crippen molar-refractivity contribution in [3.63, 3.8) is 0 Å². The molecule has 25 nitrogen and oxygen atoms in total. The average molecular weight is 1580 g/mol. The second kappa shape index (κ2) is 35.9. The summed E-state index contributed by atoms with van der Waals surface area (Å²) in [5, 5.41) is 49.1. The summed E-state index contributed by atoms with van der Waals surface area (Å²) in [4.78, 5) is 114. The minimum absolute atomic E-state index is 0.0324. The number of carboxylic acid groups (broad SMARTS) is 3. The minimum atomic E-state index is -1.38. The molecule has 12 bridgehead atoms. The molecule has 115 heavy (non-hydrogen) atoms. The highest BCUT2D eigenvalue weighted by Gasteiger charge is 2.51. The van der Waals surface area contributed by atoms with E-state index in [1.165, 1.54) is 168 Å². The lowest BCUT2D eigenvalue weighted by Crippen LogP contribution is -2.59. The number of aliphatic hydroxyl groups is 1. The molecule has 12 fully saturated rings. The van der Waals surface area contributed by atoms with Crippen molar-refractivity contribution < 1.29 is 49.3 Å². The molecule has 3 aromatic carbocycles. The van der Waals surface area contributed by atoms with Crippen LogP contribution < -0.4 is 16.7 Å². The Labute approximate surface area is 673 Å². The van der Waals surface area contributed by atoms with Crippen molar-refractivity contribution in [2.75, 3.05) is 27.4 Å². The number of oxime groups is 3. The van der Waals surface area contributed by atoms with Crippen LogP contribution in [0.4, 0.5) is 0 Å². The fraction of sp³-hybridized carbons (Fsp3) is 0.667. The highest BCUT2D eigenvalue weighted by atomic mass is 16.6. The second-order valence-corrected chi connectivity index (χ2v) is 36.6. The third kappa shape index (κ3) is 17.4. The summed E-state index contributed by atoms with van der Waals surface area (Å²) in [6.07, 6.45) is 40.1. The maximum Gasteiger partial charge on any atom is 0.360 e. The Balaban J connectivity index is 0.000000130. The molecule has 6 aromatic rings. The molecule has 618 valence electrons. The van der Waals surface area contributed by atoms with E-state index in [0.29, 0.717) is 71.3 Å². The van der Waals surface area contributed by atoms with Crippen molar-refractivity contribution >= 4 is 68.1 Å². The van der Waals surface area contributed by atoms with E-state index in [-0.39, 0.29) is 85.2 Å². The number of hydrogen-bond acceptors (Lipinski definition) is 19. The summed E-state index contributed by atoms with van der Waals surface area (Å²) in [5.74, 6) is 2.93. The largest absolute Gasteiger partial charge is 0.481 e. The monoisotopic (exact) mass is 1580 g/mol. The maximum atomic E-state index is 14.1. The first-order valence-corrected chi connectivity index (χ1v) is 44.0. The number of carbonyl (C=O) groups is 3. The van der Waals surface area contributed by atoms with Gasteiger partial charge >= 0.3 is 17.9 Å². The van der Waals surface area contributed by atoms with Gasteiger partial charge in [-0.3, -0.25) is 38.7 Å². The van der Waals surface area contributed by atoms with Crippen molar-refractivity contribution in [3.8, 4) is 0 Å². The van der Waals surface area contributed by atoms with Crippen LogP contribution in [0.2, 0.25) is 0 Å². The number of piperidine rings is 5. The molecule has 19 atom stereocenters. The zero-order chi connectivity index (χ0) is 79.5. The lowest BCUT2D eigenvalue weighted by Gasteiger charge is -2.55. The molecule has 0 radical (unpaired) electrons. The average Bonchev–Trinajstić information content (AvgIpc) is 1.62. The first-order chi connectivity index (χ1) is 55.9. The van der Waals surface area contributed by atoms with Gasteiger partial charge in [-0.2, -0.15) is 0 Å². The summed E-state index contributed by atoms with van der Waals surface area (Å²) in [7, 11) is 2.82. The topological polar surface area (TPSA) is 311 Å². The van der Waals surface area contributed by atoms with E-state index in [4.69, 9.17) is 19.6 Å². The van der Waals surface area contributed by atoms with Crippen LogP contribution in [0.15, 0.2) is 103 Å². The predicted octanol–water partition coefficient (Wildman–Crippen LogP) is 14.2. The van der Waals surface area contributed by atoms with Crippen LogP contribution in [0.25, 0.3) is 33.1 Å². The molecule has 0 amide bonds. The Kier molecular flexibility index (Phi) is 25.1. The maximum absolute atomic E-state index is 14.1. The normalized spacial score (nSPS) is 32.2.